The number of anilines is 1. The predicted octanol–water partition coefficient (Wildman–Crippen LogP) is 2.29. The Morgan fingerprint density at radius 1 is 1.00 bits per heavy atom. The number of aromatic nitrogens is 5. The summed E-state index contributed by atoms with van der Waals surface area (Å²) in [6, 6.07) is 10.9. The molecule has 3 unspecified atom stereocenters. The number of hydrogen-bond acceptors (Lipinski definition) is 8. The van der Waals surface area contributed by atoms with Crippen molar-refractivity contribution in [3.63, 3.8) is 0 Å². The van der Waals surface area contributed by atoms with Crippen molar-refractivity contribution in [2.45, 2.75) is 37.3 Å². The molecule has 162 valence electrons. The van der Waals surface area contributed by atoms with E-state index >= 15 is 0 Å². The molecule has 2 aliphatic carbocycles. The highest BCUT2D eigenvalue weighted by molar-refractivity contribution is 5.84. The molecular formula is C23H24N8O. The standard InChI is InChI=1S/C23H24N8O/c1-2-4-14-8-15(7-13(14)3-1)26-23-24-6-5-18(27-23)20-9-21(29-32-20)31-11-16-17(12-31)22(16)19-10-25-30-28-19/h1-6,10,15-17,20,22H,7-9,11-12H2,(H,24,26,27)(H,25,28,30). The first-order valence-corrected chi connectivity index (χ1v) is 11.3. The zero-order valence-electron chi connectivity index (χ0n) is 17.6. The van der Waals surface area contributed by atoms with Gasteiger partial charge in [0.2, 0.25) is 5.95 Å². The smallest absolute Gasteiger partial charge is 0.223 e. The van der Waals surface area contributed by atoms with Crippen molar-refractivity contribution < 1.29 is 4.84 Å². The fraction of sp³-hybridized carbons (Fsp3) is 0.435. The number of aromatic amines is 1. The maximum atomic E-state index is 5.79. The Morgan fingerprint density at radius 3 is 2.56 bits per heavy atom. The normalized spacial score (nSPS) is 28.2. The Bertz CT molecular complexity index is 1140. The Balaban J connectivity index is 0.971. The molecule has 0 radical (unpaired) electrons. The molecule has 0 bridgehead atoms. The van der Waals surface area contributed by atoms with Crippen LogP contribution in [0.3, 0.4) is 0 Å². The van der Waals surface area contributed by atoms with Crippen LogP contribution in [-0.2, 0) is 17.7 Å². The van der Waals surface area contributed by atoms with Crippen molar-refractivity contribution >= 4 is 11.8 Å². The van der Waals surface area contributed by atoms with Gasteiger partial charge in [0.15, 0.2) is 6.10 Å². The van der Waals surface area contributed by atoms with Gasteiger partial charge >= 0.3 is 0 Å². The zero-order chi connectivity index (χ0) is 21.1. The average molecular weight is 429 g/mol. The molecule has 0 amide bonds. The van der Waals surface area contributed by atoms with Crippen molar-refractivity contribution in [1.29, 1.82) is 0 Å². The van der Waals surface area contributed by atoms with Gasteiger partial charge in [-0.15, -0.1) is 0 Å². The van der Waals surface area contributed by atoms with Gasteiger partial charge in [0.1, 0.15) is 5.84 Å². The van der Waals surface area contributed by atoms with E-state index in [2.05, 4.69) is 60.0 Å². The number of amidine groups is 1. The second kappa shape index (κ2) is 7.01. The minimum atomic E-state index is -0.155. The van der Waals surface area contributed by atoms with Crippen LogP contribution < -0.4 is 5.32 Å². The molecule has 3 aromatic rings. The molecule has 3 atom stereocenters. The highest BCUT2D eigenvalue weighted by Gasteiger charge is 2.58. The number of likely N-dealkylation sites (tertiary alicyclic amines) is 1. The Morgan fingerprint density at radius 2 is 1.81 bits per heavy atom. The number of fused-ring (bicyclic) bond motifs is 2. The van der Waals surface area contributed by atoms with Gasteiger partial charge in [0.25, 0.3) is 0 Å². The quantitative estimate of drug-likeness (QED) is 0.657. The molecule has 7 rings (SSSR count). The van der Waals surface area contributed by atoms with Gasteiger partial charge in [-0.3, -0.25) is 0 Å². The lowest BCUT2D eigenvalue weighted by molar-refractivity contribution is 0.0824. The minimum Gasteiger partial charge on any atom is -0.384 e. The van der Waals surface area contributed by atoms with Crippen LogP contribution in [0.15, 0.2) is 47.9 Å². The van der Waals surface area contributed by atoms with Crippen molar-refractivity contribution in [3.8, 4) is 0 Å². The summed E-state index contributed by atoms with van der Waals surface area (Å²) in [6.45, 7) is 2.02. The van der Waals surface area contributed by atoms with E-state index in [9.17, 15) is 0 Å². The van der Waals surface area contributed by atoms with Crippen molar-refractivity contribution in [1.82, 2.24) is 30.3 Å². The first-order chi connectivity index (χ1) is 15.8. The summed E-state index contributed by atoms with van der Waals surface area (Å²) >= 11 is 0. The van der Waals surface area contributed by atoms with Gasteiger partial charge < -0.3 is 15.1 Å². The van der Waals surface area contributed by atoms with Crippen LogP contribution in [0.1, 0.15) is 41.0 Å². The van der Waals surface area contributed by atoms with E-state index in [1.54, 1.807) is 0 Å². The fourth-order valence-electron chi connectivity index (χ4n) is 5.72. The first-order valence-electron chi connectivity index (χ1n) is 11.3. The van der Waals surface area contributed by atoms with Gasteiger partial charge in [-0.1, -0.05) is 29.4 Å². The van der Waals surface area contributed by atoms with E-state index in [-0.39, 0.29) is 6.10 Å². The highest BCUT2D eigenvalue weighted by atomic mass is 16.6. The molecule has 2 aliphatic heterocycles. The lowest BCUT2D eigenvalue weighted by atomic mass is 10.1. The molecular weight excluding hydrogens is 404 g/mol. The molecule has 4 aliphatic rings. The maximum absolute atomic E-state index is 5.79. The molecule has 1 saturated heterocycles. The number of H-pyrrole nitrogens is 1. The van der Waals surface area contributed by atoms with Gasteiger partial charge in [0, 0.05) is 31.2 Å². The van der Waals surface area contributed by atoms with E-state index in [0.717, 1.165) is 49.6 Å². The molecule has 9 heteroatoms. The molecule has 32 heavy (non-hydrogen) atoms. The highest BCUT2D eigenvalue weighted by Crippen LogP contribution is 2.57. The molecule has 1 aromatic carbocycles. The summed E-state index contributed by atoms with van der Waals surface area (Å²) in [5.74, 6) is 3.52. The van der Waals surface area contributed by atoms with E-state index in [1.165, 1.54) is 11.1 Å². The summed E-state index contributed by atoms with van der Waals surface area (Å²) in [5, 5.41) is 18.9. The van der Waals surface area contributed by atoms with Gasteiger partial charge in [-0.25, -0.2) is 9.97 Å². The summed E-state index contributed by atoms with van der Waals surface area (Å²) < 4.78 is 0. The van der Waals surface area contributed by atoms with Crippen LogP contribution in [0.5, 0.6) is 0 Å². The lowest BCUT2D eigenvalue weighted by Gasteiger charge is -2.20. The Labute approximate surface area is 185 Å². The van der Waals surface area contributed by atoms with E-state index in [0.29, 0.717) is 29.7 Å². The number of piperidine rings is 1. The van der Waals surface area contributed by atoms with Crippen LogP contribution in [-0.4, -0.2) is 55.2 Å². The summed E-state index contributed by atoms with van der Waals surface area (Å²) in [7, 11) is 0. The molecule has 0 spiro atoms. The third kappa shape index (κ3) is 3.03. The zero-order valence-corrected chi connectivity index (χ0v) is 17.6. The molecule has 1 saturated carbocycles. The van der Waals surface area contributed by atoms with Crippen LogP contribution in [0.4, 0.5) is 5.95 Å². The van der Waals surface area contributed by atoms with Gasteiger partial charge in [-0.05, 0) is 41.9 Å². The summed E-state index contributed by atoms with van der Waals surface area (Å²) in [5.41, 5.74) is 4.79. The maximum Gasteiger partial charge on any atom is 0.223 e. The van der Waals surface area contributed by atoms with E-state index in [1.807, 2.05) is 18.5 Å². The third-order valence-corrected chi connectivity index (χ3v) is 7.38. The summed E-state index contributed by atoms with van der Waals surface area (Å²) in [6.07, 6.45) is 6.26. The van der Waals surface area contributed by atoms with Crippen LogP contribution in [0.2, 0.25) is 0 Å². The third-order valence-electron chi connectivity index (χ3n) is 7.38. The fourth-order valence-corrected chi connectivity index (χ4v) is 5.72. The minimum absolute atomic E-state index is 0.155. The molecule has 2 fully saturated rings. The molecule has 2 aromatic heterocycles. The number of oxime groups is 1. The second-order valence-corrected chi connectivity index (χ2v) is 9.28. The van der Waals surface area contributed by atoms with E-state index in [4.69, 9.17) is 9.82 Å². The largest absolute Gasteiger partial charge is 0.384 e. The van der Waals surface area contributed by atoms with Crippen LogP contribution >= 0.6 is 0 Å². The molecule has 4 heterocycles. The number of benzene rings is 1. The number of rotatable bonds is 4. The first kappa shape index (κ1) is 18.1. The molecule has 9 nitrogen and oxygen atoms in total. The van der Waals surface area contributed by atoms with Crippen molar-refractivity contribution in [3.05, 3.63) is 65.2 Å². The van der Waals surface area contributed by atoms with Crippen LogP contribution in [0.25, 0.3) is 0 Å². The Hall–Kier alpha value is -3.49. The number of nitrogens with zero attached hydrogens (tertiary/aromatic N) is 6. The van der Waals surface area contributed by atoms with Gasteiger partial charge in [-0.2, -0.15) is 15.4 Å². The SMILES string of the molecule is c1ccc2c(c1)CC(Nc1nccc(C3CC(N4CC5C(C4)C5c4cn[nH]n4)=NO3)n1)C2. The topological polar surface area (TPSA) is 104 Å². The number of nitrogens with one attached hydrogen (secondary N) is 2. The second-order valence-electron chi connectivity index (χ2n) is 9.28. The lowest BCUT2D eigenvalue weighted by Crippen LogP contribution is -2.30. The Kier molecular flexibility index (Phi) is 3.97. The van der Waals surface area contributed by atoms with E-state index < -0.39 is 0 Å². The van der Waals surface area contributed by atoms with Gasteiger partial charge in [0.05, 0.1) is 24.0 Å². The monoisotopic (exact) mass is 428 g/mol. The predicted molar refractivity (Wildman–Crippen MR) is 117 cm³/mol. The van der Waals surface area contributed by atoms with Crippen molar-refractivity contribution in [2.24, 2.45) is 17.0 Å². The summed E-state index contributed by atoms with van der Waals surface area (Å²) in [4.78, 5) is 17.3. The average Bonchev–Trinajstić information content (AvgIpc) is 3.45. The molecule has 2 N–H and O–H groups in total. The van der Waals surface area contributed by atoms with Crippen molar-refractivity contribution in [2.75, 3.05) is 18.4 Å². The number of hydrogen-bond donors (Lipinski definition) is 2. The van der Waals surface area contributed by atoms with Crippen LogP contribution in [0, 0.1) is 11.8 Å².